The Labute approximate surface area is 112 Å². The first-order chi connectivity index (χ1) is 8.86. The molecular formula is C15H18O4. The molecule has 0 spiro atoms. The molecule has 4 nitrogen and oxygen atoms in total. The van der Waals surface area contributed by atoms with E-state index in [9.17, 15) is 14.7 Å². The van der Waals surface area contributed by atoms with Gasteiger partial charge in [-0.05, 0) is 37.5 Å². The van der Waals surface area contributed by atoms with Gasteiger partial charge in [0, 0.05) is 5.92 Å². The van der Waals surface area contributed by atoms with Gasteiger partial charge in [-0.3, -0.25) is 9.59 Å². The molecule has 0 aromatic carbocycles. The van der Waals surface area contributed by atoms with Crippen LogP contribution in [0.25, 0.3) is 0 Å². The van der Waals surface area contributed by atoms with Crippen molar-refractivity contribution in [2.75, 3.05) is 0 Å². The Kier molecular flexibility index (Phi) is 2.52. The summed E-state index contributed by atoms with van der Waals surface area (Å²) in [4.78, 5) is 24.0. The van der Waals surface area contributed by atoms with Gasteiger partial charge in [0.1, 0.15) is 6.10 Å². The van der Waals surface area contributed by atoms with Crippen LogP contribution in [-0.4, -0.2) is 29.1 Å². The van der Waals surface area contributed by atoms with Crippen LogP contribution in [0.15, 0.2) is 23.3 Å². The molecule has 19 heavy (non-hydrogen) atoms. The van der Waals surface area contributed by atoms with Crippen LogP contribution in [0.5, 0.6) is 0 Å². The largest absolute Gasteiger partial charge is 0.457 e. The summed E-state index contributed by atoms with van der Waals surface area (Å²) in [6, 6.07) is 0. The summed E-state index contributed by atoms with van der Waals surface area (Å²) >= 11 is 0. The van der Waals surface area contributed by atoms with E-state index in [-0.39, 0.29) is 23.6 Å². The third kappa shape index (κ3) is 1.49. The summed E-state index contributed by atoms with van der Waals surface area (Å²) in [5, 5.41) is 10.3. The number of carbonyl (C=O) groups excluding carboxylic acids is 2. The topological polar surface area (TPSA) is 63.6 Å². The van der Waals surface area contributed by atoms with Crippen LogP contribution in [0.4, 0.5) is 0 Å². The molecule has 0 unspecified atom stereocenters. The third-order valence-corrected chi connectivity index (χ3v) is 4.94. The van der Waals surface area contributed by atoms with Crippen molar-refractivity contribution in [2.24, 2.45) is 17.3 Å². The lowest BCUT2D eigenvalue weighted by atomic mass is 9.59. The molecule has 1 saturated heterocycles. The van der Waals surface area contributed by atoms with Gasteiger partial charge in [0.05, 0.1) is 17.4 Å². The number of esters is 1. The van der Waals surface area contributed by atoms with E-state index in [4.69, 9.17) is 4.74 Å². The zero-order valence-electron chi connectivity index (χ0n) is 11.3. The van der Waals surface area contributed by atoms with Crippen molar-refractivity contribution < 1.29 is 19.4 Å². The minimum absolute atomic E-state index is 0.0128. The normalized spacial score (nSPS) is 45.1. The van der Waals surface area contributed by atoms with Gasteiger partial charge in [-0.1, -0.05) is 13.0 Å². The van der Waals surface area contributed by atoms with Crippen LogP contribution in [0.3, 0.4) is 0 Å². The van der Waals surface area contributed by atoms with Crippen LogP contribution in [0.1, 0.15) is 27.2 Å². The Balaban J connectivity index is 2.15. The lowest BCUT2D eigenvalue weighted by molar-refractivity contribution is -0.144. The first-order valence-electron chi connectivity index (χ1n) is 6.68. The molecule has 0 aromatic rings. The summed E-state index contributed by atoms with van der Waals surface area (Å²) in [5.74, 6) is -0.836. The van der Waals surface area contributed by atoms with Crippen molar-refractivity contribution in [1.82, 2.24) is 0 Å². The SMILES string of the molecule is CC1=C2[C@H]3OC(=O)[C@H](C)[C@@H]3[C@@H](O)C[C@@]2(C)C(=O)C=C1. The summed E-state index contributed by atoms with van der Waals surface area (Å²) in [7, 11) is 0. The molecule has 2 fully saturated rings. The van der Waals surface area contributed by atoms with Crippen LogP contribution >= 0.6 is 0 Å². The monoisotopic (exact) mass is 262 g/mol. The van der Waals surface area contributed by atoms with Gasteiger partial charge in [0.2, 0.25) is 0 Å². The van der Waals surface area contributed by atoms with Crippen molar-refractivity contribution in [3.63, 3.8) is 0 Å². The van der Waals surface area contributed by atoms with E-state index in [0.717, 1.165) is 11.1 Å². The van der Waals surface area contributed by atoms with Crippen LogP contribution in [0.2, 0.25) is 0 Å². The molecule has 3 rings (SSSR count). The maximum atomic E-state index is 12.2. The molecule has 0 amide bonds. The fourth-order valence-corrected chi connectivity index (χ4v) is 3.86. The van der Waals surface area contributed by atoms with Crippen LogP contribution < -0.4 is 0 Å². The highest BCUT2D eigenvalue weighted by Crippen LogP contribution is 2.52. The molecule has 4 heteroatoms. The molecule has 0 bridgehead atoms. The minimum Gasteiger partial charge on any atom is -0.457 e. The Morgan fingerprint density at radius 1 is 1.37 bits per heavy atom. The van der Waals surface area contributed by atoms with Gasteiger partial charge in [0.25, 0.3) is 0 Å². The summed E-state index contributed by atoms with van der Waals surface area (Å²) in [6.07, 6.45) is 2.58. The van der Waals surface area contributed by atoms with Gasteiger partial charge >= 0.3 is 5.97 Å². The second kappa shape index (κ2) is 3.79. The third-order valence-electron chi connectivity index (χ3n) is 4.94. The van der Waals surface area contributed by atoms with Crippen molar-refractivity contribution in [1.29, 1.82) is 0 Å². The highest BCUT2D eigenvalue weighted by atomic mass is 16.6. The minimum atomic E-state index is -0.732. The van der Waals surface area contributed by atoms with E-state index in [1.54, 1.807) is 19.1 Å². The standard InChI is InChI=1S/C15H18O4/c1-7-4-5-10(17)15(3)6-9(16)11-8(2)14(18)19-13(11)12(7)15/h4-5,8-9,11,13,16H,6H2,1-3H3/t8-,9+,11-,13+,15+/m1/s1. The number of allylic oxidation sites excluding steroid dienone is 3. The molecule has 5 atom stereocenters. The molecule has 3 aliphatic rings. The number of rotatable bonds is 0. The average Bonchev–Trinajstić information content (AvgIpc) is 2.61. The molecule has 1 N–H and O–H groups in total. The summed E-state index contributed by atoms with van der Waals surface area (Å²) in [5.41, 5.74) is 1.13. The van der Waals surface area contributed by atoms with Crippen molar-refractivity contribution in [3.05, 3.63) is 23.3 Å². The van der Waals surface area contributed by atoms with Gasteiger partial charge < -0.3 is 9.84 Å². The molecule has 1 aliphatic heterocycles. The van der Waals surface area contributed by atoms with E-state index in [1.165, 1.54) is 0 Å². The number of fused-ring (bicyclic) bond motifs is 3. The zero-order chi connectivity index (χ0) is 13.9. The Morgan fingerprint density at radius 2 is 2.05 bits per heavy atom. The van der Waals surface area contributed by atoms with Crippen molar-refractivity contribution in [3.8, 4) is 0 Å². The molecule has 102 valence electrons. The predicted molar refractivity (Wildman–Crippen MR) is 68.1 cm³/mol. The van der Waals surface area contributed by atoms with E-state index < -0.39 is 17.6 Å². The number of hydrogen-bond acceptors (Lipinski definition) is 4. The Bertz CT molecular complexity index is 530. The quantitative estimate of drug-likeness (QED) is 0.670. The molecule has 2 aliphatic carbocycles. The van der Waals surface area contributed by atoms with E-state index in [1.807, 2.05) is 13.8 Å². The second-order valence-corrected chi connectivity index (χ2v) is 6.12. The number of aliphatic hydroxyl groups excluding tert-OH is 1. The number of hydrogen-bond donors (Lipinski definition) is 1. The van der Waals surface area contributed by atoms with E-state index >= 15 is 0 Å². The fourth-order valence-electron chi connectivity index (χ4n) is 3.86. The molecule has 0 aromatic heterocycles. The lowest BCUT2D eigenvalue weighted by Crippen LogP contribution is -2.50. The van der Waals surface area contributed by atoms with Gasteiger partial charge in [-0.25, -0.2) is 0 Å². The molecule has 0 radical (unpaired) electrons. The zero-order valence-corrected chi connectivity index (χ0v) is 11.3. The number of aliphatic hydroxyl groups is 1. The number of ether oxygens (including phenoxy) is 1. The smallest absolute Gasteiger partial charge is 0.309 e. The average molecular weight is 262 g/mol. The van der Waals surface area contributed by atoms with Crippen molar-refractivity contribution >= 4 is 11.8 Å². The van der Waals surface area contributed by atoms with Crippen LogP contribution in [-0.2, 0) is 14.3 Å². The Morgan fingerprint density at radius 3 is 2.74 bits per heavy atom. The lowest BCUT2D eigenvalue weighted by Gasteiger charge is -2.45. The summed E-state index contributed by atoms with van der Waals surface area (Å²) < 4.78 is 5.46. The number of carbonyl (C=O) groups is 2. The van der Waals surface area contributed by atoms with Gasteiger partial charge in [-0.15, -0.1) is 0 Å². The fraction of sp³-hybridized carbons (Fsp3) is 0.600. The molecule has 1 saturated carbocycles. The maximum absolute atomic E-state index is 12.2. The maximum Gasteiger partial charge on any atom is 0.309 e. The van der Waals surface area contributed by atoms with Gasteiger partial charge in [-0.2, -0.15) is 0 Å². The van der Waals surface area contributed by atoms with Crippen LogP contribution in [0, 0.1) is 17.3 Å². The van der Waals surface area contributed by atoms with Gasteiger partial charge in [0.15, 0.2) is 5.78 Å². The number of ketones is 1. The first kappa shape index (κ1) is 12.6. The second-order valence-electron chi connectivity index (χ2n) is 6.12. The van der Waals surface area contributed by atoms with E-state index in [0.29, 0.717) is 6.42 Å². The predicted octanol–water partition coefficient (Wildman–Crippen LogP) is 1.39. The van der Waals surface area contributed by atoms with Crippen molar-refractivity contribution in [2.45, 2.75) is 39.4 Å². The Hall–Kier alpha value is -1.42. The highest BCUT2D eigenvalue weighted by molar-refractivity contribution is 5.99. The van der Waals surface area contributed by atoms with E-state index in [2.05, 4.69) is 0 Å². The molecule has 1 heterocycles. The first-order valence-corrected chi connectivity index (χ1v) is 6.68. The summed E-state index contributed by atoms with van der Waals surface area (Å²) in [6.45, 7) is 5.56. The molecular weight excluding hydrogens is 244 g/mol. The highest BCUT2D eigenvalue weighted by Gasteiger charge is 2.58.